The smallest absolute Gasteiger partial charge is 0.286 e. The maximum atomic E-state index is 10.9. The summed E-state index contributed by atoms with van der Waals surface area (Å²) in [5.74, 6) is 0.465. The molecule has 0 atom stereocenters. The number of nitrogens with zero attached hydrogens (tertiary/aromatic N) is 4. The molecule has 1 heterocycles. The molecule has 27 heavy (non-hydrogen) atoms. The minimum Gasteiger partial charge on any atom is -0.327 e. The number of halogens is 2. The minimum absolute atomic E-state index is 0.172. The van der Waals surface area contributed by atoms with Crippen LogP contribution in [0, 0.1) is 20.2 Å². The summed E-state index contributed by atoms with van der Waals surface area (Å²) in [5.41, 5.74) is 0.268. The van der Waals surface area contributed by atoms with Crippen LogP contribution in [0.15, 0.2) is 46.1 Å². The number of rotatable bonds is 6. The first-order chi connectivity index (χ1) is 12.8. The van der Waals surface area contributed by atoms with Gasteiger partial charge < -0.3 is 4.52 Å². The average Bonchev–Trinajstić information content (AvgIpc) is 3.11. The van der Waals surface area contributed by atoms with Crippen LogP contribution in [-0.4, -0.2) is 20.0 Å². The van der Waals surface area contributed by atoms with Crippen LogP contribution in [0.2, 0.25) is 10.0 Å². The van der Waals surface area contributed by atoms with Crippen LogP contribution in [0.5, 0.6) is 0 Å². The van der Waals surface area contributed by atoms with E-state index in [9.17, 15) is 20.2 Å². The van der Waals surface area contributed by atoms with E-state index >= 15 is 0 Å². The molecule has 0 aliphatic carbocycles. The Morgan fingerprint density at radius 1 is 1.00 bits per heavy atom. The Labute approximate surface area is 165 Å². The van der Waals surface area contributed by atoms with Crippen molar-refractivity contribution in [3.63, 3.8) is 0 Å². The third kappa shape index (κ3) is 4.54. The molecule has 0 N–H and O–H groups in total. The van der Waals surface area contributed by atoms with Crippen molar-refractivity contribution in [2.75, 3.05) is 0 Å². The first kappa shape index (κ1) is 19.1. The van der Waals surface area contributed by atoms with Crippen LogP contribution < -0.4 is 0 Å². The Bertz CT molecular complexity index is 1010. The molecular weight excluding hydrogens is 419 g/mol. The number of nitro groups is 2. The van der Waals surface area contributed by atoms with Gasteiger partial charge in [-0.3, -0.25) is 20.2 Å². The molecule has 1 aromatic heterocycles. The number of aromatic nitrogens is 2. The molecule has 3 aromatic rings. The molecule has 2 aromatic carbocycles. The molecule has 0 aliphatic heterocycles. The fourth-order valence-corrected chi connectivity index (χ4v) is 3.11. The van der Waals surface area contributed by atoms with Crippen LogP contribution in [0.3, 0.4) is 0 Å². The van der Waals surface area contributed by atoms with E-state index in [4.69, 9.17) is 27.7 Å². The molecule has 0 spiro atoms. The van der Waals surface area contributed by atoms with E-state index in [-0.39, 0.29) is 22.4 Å². The molecule has 138 valence electrons. The summed E-state index contributed by atoms with van der Waals surface area (Å²) in [6.07, 6.45) is 0. The van der Waals surface area contributed by atoms with E-state index < -0.39 is 9.85 Å². The highest BCUT2D eigenvalue weighted by atomic mass is 35.5. The van der Waals surface area contributed by atoms with Crippen LogP contribution in [-0.2, 0) is 5.75 Å². The summed E-state index contributed by atoms with van der Waals surface area (Å²) in [4.78, 5) is 24.7. The van der Waals surface area contributed by atoms with Gasteiger partial charge in [0, 0.05) is 23.4 Å². The van der Waals surface area contributed by atoms with Gasteiger partial charge in [0.2, 0.25) is 5.82 Å². The van der Waals surface area contributed by atoms with Gasteiger partial charge in [0.25, 0.3) is 16.6 Å². The molecule has 0 bridgehead atoms. The Morgan fingerprint density at radius 2 is 1.67 bits per heavy atom. The molecule has 3 rings (SSSR count). The normalized spacial score (nSPS) is 10.7. The fraction of sp³-hybridized carbons (Fsp3) is 0.0667. The quantitative estimate of drug-likeness (QED) is 0.300. The van der Waals surface area contributed by atoms with E-state index in [0.717, 1.165) is 17.8 Å². The number of hydrogen-bond acceptors (Lipinski definition) is 8. The van der Waals surface area contributed by atoms with Gasteiger partial charge in [0.05, 0.1) is 26.0 Å². The lowest BCUT2D eigenvalue weighted by Gasteiger charge is -2.00. The van der Waals surface area contributed by atoms with Gasteiger partial charge in [0.1, 0.15) is 0 Å². The topological polar surface area (TPSA) is 125 Å². The summed E-state index contributed by atoms with van der Waals surface area (Å²) in [5, 5.41) is 26.6. The Balaban J connectivity index is 1.77. The van der Waals surface area contributed by atoms with Crippen molar-refractivity contribution in [2.24, 2.45) is 0 Å². The van der Waals surface area contributed by atoms with Gasteiger partial charge >= 0.3 is 0 Å². The predicted molar refractivity (Wildman–Crippen MR) is 99.1 cm³/mol. The predicted octanol–water partition coefficient (Wildman–Crippen LogP) is 5.15. The van der Waals surface area contributed by atoms with Crippen molar-refractivity contribution in [3.05, 3.63) is 72.2 Å². The maximum absolute atomic E-state index is 10.9. The van der Waals surface area contributed by atoms with Crippen molar-refractivity contribution >= 4 is 46.3 Å². The lowest BCUT2D eigenvalue weighted by atomic mass is 10.2. The van der Waals surface area contributed by atoms with Gasteiger partial charge in [-0.15, -0.1) is 0 Å². The molecular formula is C15H8Cl2N4O5S. The van der Waals surface area contributed by atoms with Gasteiger partial charge in [-0.05, 0) is 23.8 Å². The summed E-state index contributed by atoms with van der Waals surface area (Å²) in [6.45, 7) is 0. The van der Waals surface area contributed by atoms with E-state index in [1.54, 1.807) is 18.2 Å². The van der Waals surface area contributed by atoms with Gasteiger partial charge in [-0.2, -0.15) is 4.98 Å². The van der Waals surface area contributed by atoms with Crippen molar-refractivity contribution < 1.29 is 14.4 Å². The van der Waals surface area contributed by atoms with Crippen LogP contribution in [0.4, 0.5) is 11.4 Å². The highest BCUT2D eigenvalue weighted by Gasteiger charge is 2.17. The number of nitro benzene ring substituents is 2. The van der Waals surface area contributed by atoms with E-state index in [1.807, 2.05) is 0 Å². The fourth-order valence-electron chi connectivity index (χ4n) is 2.12. The average molecular weight is 427 g/mol. The minimum atomic E-state index is -0.684. The van der Waals surface area contributed by atoms with Crippen molar-refractivity contribution in [1.82, 2.24) is 10.1 Å². The Kier molecular flexibility index (Phi) is 5.59. The molecule has 0 aliphatic rings. The summed E-state index contributed by atoms with van der Waals surface area (Å²) in [7, 11) is 0. The second kappa shape index (κ2) is 7.91. The zero-order chi connectivity index (χ0) is 19.6. The van der Waals surface area contributed by atoms with Gasteiger partial charge in [0.15, 0.2) is 0 Å². The van der Waals surface area contributed by atoms with E-state index in [1.165, 1.54) is 12.1 Å². The van der Waals surface area contributed by atoms with Gasteiger partial charge in [-0.1, -0.05) is 40.1 Å². The number of thioether (sulfide) groups is 1. The summed E-state index contributed by atoms with van der Waals surface area (Å²) >= 11 is 12.9. The lowest BCUT2D eigenvalue weighted by molar-refractivity contribution is -0.394. The first-order valence-corrected chi connectivity index (χ1v) is 8.92. The first-order valence-electron chi connectivity index (χ1n) is 7.18. The van der Waals surface area contributed by atoms with Crippen molar-refractivity contribution in [2.45, 2.75) is 11.0 Å². The second-order valence-electron chi connectivity index (χ2n) is 5.17. The standard InChI is InChI=1S/C15H8Cl2N4O5S/c16-12-2-1-9(5-13(12)17)14-18-15(26-19-14)27-7-8-3-10(20(22)23)6-11(4-8)21(24)25/h1-6H,7H2. The largest absolute Gasteiger partial charge is 0.327 e. The summed E-state index contributed by atoms with van der Waals surface area (Å²) < 4.78 is 5.12. The van der Waals surface area contributed by atoms with E-state index in [0.29, 0.717) is 27.0 Å². The maximum Gasteiger partial charge on any atom is 0.286 e. The highest BCUT2D eigenvalue weighted by molar-refractivity contribution is 7.98. The second-order valence-corrected chi connectivity index (χ2v) is 6.91. The molecule has 9 nitrogen and oxygen atoms in total. The molecule has 12 heteroatoms. The monoisotopic (exact) mass is 426 g/mol. The van der Waals surface area contributed by atoms with Crippen LogP contribution in [0.25, 0.3) is 11.4 Å². The molecule has 0 saturated heterocycles. The zero-order valence-corrected chi connectivity index (χ0v) is 15.5. The van der Waals surface area contributed by atoms with Gasteiger partial charge in [-0.25, -0.2) is 0 Å². The van der Waals surface area contributed by atoms with E-state index in [2.05, 4.69) is 10.1 Å². The number of hydrogen-bond donors (Lipinski definition) is 0. The zero-order valence-electron chi connectivity index (χ0n) is 13.2. The van der Waals surface area contributed by atoms with Crippen molar-refractivity contribution in [3.8, 4) is 11.4 Å². The molecule has 0 unspecified atom stereocenters. The molecule has 0 fully saturated rings. The van der Waals surface area contributed by atoms with Crippen LogP contribution in [0.1, 0.15) is 5.56 Å². The molecule has 0 saturated carbocycles. The third-order valence-electron chi connectivity index (χ3n) is 3.33. The lowest BCUT2D eigenvalue weighted by Crippen LogP contribution is -1.95. The van der Waals surface area contributed by atoms with Crippen molar-refractivity contribution in [1.29, 1.82) is 0 Å². The Hall–Kier alpha value is -2.69. The highest BCUT2D eigenvalue weighted by Crippen LogP contribution is 2.30. The summed E-state index contributed by atoms with van der Waals surface area (Å²) in [6, 6.07) is 8.30. The van der Waals surface area contributed by atoms with Crippen LogP contribution >= 0.6 is 35.0 Å². The molecule has 0 radical (unpaired) electrons. The Morgan fingerprint density at radius 3 is 2.26 bits per heavy atom. The third-order valence-corrected chi connectivity index (χ3v) is 4.96. The number of benzene rings is 2. The SMILES string of the molecule is O=[N+]([O-])c1cc(CSc2nc(-c3ccc(Cl)c(Cl)c3)no2)cc([N+](=O)[O-])c1. The number of non-ortho nitro benzene ring substituents is 2. The molecule has 0 amide bonds.